The molecule has 0 unspecified atom stereocenters. The monoisotopic (exact) mass is 274 g/mol. The zero-order valence-electron chi connectivity index (χ0n) is 11.0. The lowest BCUT2D eigenvalue weighted by molar-refractivity contribution is 0.301. The maximum absolute atomic E-state index is 6.04. The summed E-state index contributed by atoms with van der Waals surface area (Å²) >= 11 is 6.04. The van der Waals surface area contributed by atoms with Crippen LogP contribution in [0.25, 0.3) is 11.8 Å². The van der Waals surface area contributed by atoms with Crippen LogP contribution in [0.3, 0.4) is 0 Å². The van der Waals surface area contributed by atoms with Gasteiger partial charge in [-0.15, -0.1) is 0 Å². The minimum atomic E-state index is 0.636. The second-order valence-corrected chi connectivity index (χ2v) is 5.85. The highest BCUT2D eigenvalue weighted by molar-refractivity contribution is 6.32. The summed E-state index contributed by atoms with van der Waals surface area (Å²) in [5.74, 6) is 0.899. The molecule has 1 aromatic carbocycles. The third-order valence-corrected chi connectivity index (χ3v) is 4.18. The molecule has 2 nitrogen and oxygen atoms in total. The normalized spacial score (nSPS) is 18.4. The first-order chi connectivity index (χ1) is 9.22. The molecule has 0 radical (unpaired) electrons. The standard InChI is InChI=1S/C16H19ClN2/c1-11-15-6-5-13(7-14(15)8-16(17)19-11)10-18-9-12-3-2-4-12/h5-8,12,18-19H,1-4,9-10H2. The van der Waals surface area contributed by atoms with Gasteiger partial charge in [0.1, 0.15) is 5.16 Å². The number of rotatable bonds is 4. The van der Waals surface area contributed by atoms with Crippen LogP contribution in [0.5, 0.6) is 0 Å². The maximum atomic E-state index is 6.04. The lowest BCUT2D eigenvalue weighted by atomic mass is 9.85. The summed E-state index contributed by atoms with van der Waals surface area (Å²) in [5, 5.41) is 7.22. The lowest BCUT2D eigenvalue weighted by Gasteiger charge is -2.25. The van der Waals surface area contributed by atoms with E-state index in [0.29, 0.717) is 5.16 Å². The Labute approximate surface area is 119 Å². The molecule has 1 aliphatic heterocycles. The van der Waals surface area contributed by atoms with E-state index in [-0.39, 0.29) is 0 Å². The Bertz CT molecular complexity index is 530. The molecule has 2 N–H and O–H groups in total. The quantitative estimate of drug-likeness (QED) is 0.819. The number of hydrogen-bond acceptors (Lipinski definition) is 2. The van der Waals surface area contributed by atoms with E-state index in [1.54, 1.807) is 0 Å². The summed E-state index contributed by atoms with van der Waals surface area (Å²) < 4.78 is 0. The van der Waals surface area contributed by atoms with Gasteiger partial charge in [-0.05, 0) is 48.6 Å². The van der Waals surface area contributed by atoms with E-state index in [0.717, 1.165) is 35.8 Å². The van der Waals surface area contributed by atoms with Gasteiger partial charge in [0, 0.05) is 17.8 Å². The minimum Gasteiger partial charge on any atom is -0.346 e. The fraction of sp³-hybridized carbons (Fsp3) is 0.375. The Morgan fingerprint density at radius 1 is 1.37 bits per heavy atom. The van der Waals surface area contributed by atoms with E-state index in [9.17, 15) is 0 Å². The molecule has 0 saturated heterocycles. The van der Waals surface area contributed by atoms with Gasteiger partial charge in [0.2, 0.25) is 0 Å². The van der Waals surface area contributed by atoms with Crippen LogP contribution in [-0.4, -0.2) is 6.54 Å². The van der Waals surface area contributed by atoms with Crippen LogP contribution in [-0.2, 0) is 6.54 Å². The van der Waals surface area contributed by atoms with E-state index in [2.05, 4.69) is 35.4 Å². The Hall–Kier alpha value is -1.25. The lowest BCUT2D eigenvalue weighted by Crippen LogP contribution is -2.27. The number of benzene rings is 1. The number of fused-ring (bicyclic) bond motifs is 1. The van der Waals surface area contributed by atoms with Crippen LogP contribution in [0.1, 0.15) is 36.0 Å². The van der Waals surface area contributed by atoms with Gasteiger partial charge in [-0.3, -0.25) is 0 Å². The van der Waals surface area contributed by atoms with E-state index in [1.807, 2.05) is 6.08 Å². The van der Waals surface area contributed by atoms with Crippen molar-refractivity contribution in [2.24, 2.45) is 5.92 Å². The molecule has 2 aliphatic rings. The van der Waals surface area contributed by atoms with E-state index >= 15 is 0 Å². The van der Waals surface area contributed by atoms with Crippen molar-refractivity contribution in [2.45, 2.75) is 25.8 Å². The Morgan fingerprint density at radius 3 is 2.95 bits per heavy atom. The van der Waals surface area contributed by atoms with Crippen LogP contribution < -0.4 is 10.6 Å². The van der Waals surface area contributed by atoms with E-state index in [1.165, 1.54) is 24.8 Å². The van der Waals surface area contributed by atoms with Crippen molar-refractivity contribution in [3.05, 3.63) is 46.6 Å². The molecule has 3 rings (SSSR count). The van der Waals surface area contributed by atoms with Crippen molar-refractivity contribution >= 4 is 23.4 Å². The molecule has 19 heavy (non-hydrogen) atoms. The van der Waals surface area contributed by atoms with Gasteiger partial charge < -0.3 is 10.6 Å². The van der Waals surface area contributed by atoms with Gasteiger partial charge in [-0.2, -0.15) is 0 Å². The predicted octanol–water partition coefficient (Wildman–Crippen LogP) is 3.69. The highest BCUT2D eigenvalue weighted by Gasteiger charge is 2.16. The Balaban J connectivity index is 1.67. The first kappa shape index (κ1) is 12.8. The molecule has 1 aliphatic carbocycles. The molecule has 1 aromatic rings. The largest absolute Gasteiger partial charge is 0.346 e. The van der Waals surface area contributed by atoms with Gasteiger partial charge in [0.25, 0.3) is 0 Å². The smallest absolute Gasteiger partial charge is 0.107 e. The van der Waals surface area contributed by atoms with Crippen molar-refractivity contribution in [3.63, 3.8) is 0 Å². The Kier molecular flexibility index (Phi) is 3.63. The fourth-order valence-electron chi connectivity index (χ4n) is 2.62. The van der Waals surface area contributed by atoms with Crippen molar-refractivity contribution in [3.8, 4) is 0 Å². The molecule has 1 saturated carbocycles. The zero-order chi connectivity index (χ0) is 13.2. The van der Waals surface area contributed by atoms with Crippen molar-refractivity contribution in [1.82, 2.24) is 10.6 Å². The SMILES string of the molecule is C=C1NC(Cl)=Cc2cc(CNCC3CCC3)ccc21. The highest BCUT2D eigenvalue weighted by Crippen LogP contribution is 2.27. The average molecular weight is 275 g/mol. The summed E-state index contributed by atoms with van der Waals surface area (Å²) in [4.78, 5) is 0. The summed E-state index contributed by atoms with van der Waals surface area (Å²) in [7, 11) is 0. The number of hydrogen-bond donors (Lipinski definition) is 2. The molecular weight excluding hydrogens is 256 g/mol. The molecule has 1 fully saturated rings. The van der Waals surface area contributed by atoms with Crippen molar-refractivity contribution in [1.29, 1.82) is 0 Å². The summed E-state index contributed by atoms with van der Waals surface area (Å²) in [6.45, 7) is 6.05. The molecule has 100 valence electrons. The summed E-state index contributed by atoms with van der Waals surface area (Å²) in [6.07, 6.45) is 6.15. The first-order valence-corrected chi connectivity index (χ1v) is 7.27. The molecular formula is C16H19ClN2. The van der Waals surface area contributed by atoms with Gasteiger partial charge in [-0.25, -0.2) is 0 Å². The number of nitrogens with one attached hydrogen (secondary N) is 2. The second-order valence-electron chi connectivity index (χ2n) is 5.45. The topological polar surface area (TPSA) is 24.1 Å². The zero-order valence-corrected chi connectivity index (χ0v) is 11.8. The predicted molar refractivity (Wildman–Crippen MR) is 81.5 cm³/mol. The molecule has 0 aromatic heterocycles. The third kappa shape index (κ3) is 2.85. The van der Waals surface area contributed by atoms with Crippen molar-refractivity contribution in [2.75, 3.05) is 6.54 Å². The fourth-order valence-corrected chi connectivity index (χ4v) is 2.85. The van der Waals surface area contributed by atoms with Gasteiger partial charge in [0.15, 0.2) is 0 Å². The maximum Gasteiger partial charge on any atom is 0.107 e. The van der Waals surface area contributed by atoms with Gasteiger partial charge >= 0.3 is 0 Å². The molecule has 3 heteroatoms. The molecule has 0 bridgehead atoms. The van der Waals surface area contributed by atoms with Crippen LogP contribution in [0.15, 0.2) is 29.9 Å². The van der Waals surface area contributed by atoms with E-state index < -0.39 is 0 Å². The molecule has 0 amide bonds. The van der Waals surface area contributed by atoms with Crippen molar-refractivity contribution < 1.29 is 0 Å². The second kappa shape index (κ2) is 5.40. The average Bonchev–Trinajstić information content (AvgIpc) is 2.31. The van der Waals surface area contributed by atoms with E-state index in [4.69, 9.17) is 11.6 Å². The van der Waals surface area contributed by atoms with Gasteiger partial charge in [0.05, 0.1) is 0 Å². The van der Waals surface area contributed by atoms with Crippen LogP contribution in [0.4, 0.5) is 0 Å². The highest BCUT2D eigenvalue weighted by atomic mass is 35.5. The molecule has 0 spiro atoms. The van der Waals surface area contributed by atoms with Gasteiger partial charge in [-0.1, -0.05) is 36.7 Å². The number of halogens is 1. The van der Waals surface area contributed by atoms with Crippen LogP contribution >= 0.6 is 11.6 Å². The first-order valence-electron chi connectivity index (χ1n) is 6.89. The Morgan fingerprint density at radius 2 is 2.21 bits per heavy atom. The third-order valence-electron chi connectivity index (χ3n) is 3.98. The molecule has 0 atom stereocenters. The summed E-state index contributed by atoms with van der Waals surface area (Å²) in [5.41, 5.74) is 4.45. The van der Waals surface area contributed by atoms with Crippen LogP contribution in [0.2, 0.25) is 0 Å². The van der Waals surface area contributed by atoms with Crippen LogP contribution in [0, 0.1) is 5.92 Å². The molecule has 1 heterocycles. The summed E-state index contributed by atoms with van der Waals surface area (Å²) in [6, 6.07) is 6.47. The minimum absolute atomic E-state index is 0.636.